The van der Waals surface area contributed by atoms with Gasteiger partial charge in [0.2, 0.25) is 0 Å². The van der Waals surface area contributed by atoms with Crippen LogP contribution in [0.3, 0.4) is 0 Å². The number of rotatable bonds is 5. The zero-order valence-corrected chi connectivity index (χ0v) is 14.1. The van der Waals surface area contributed by atoms with Gasteiger partial charge in [0.25, 0.3) is 5.91 Å². The second-order valence-electron chi connectivity index (χ2n) is 5.84. The number of carbonyl (C=O) groups excluding carboxylic acids is 1. The average Bonchev–Trinajstić information content (AvgIpc) is 3.04. The third-order valence-corrected chi connectivity index (χ3v) is 3.88. The van der Waals surface area contributed by atoms with Crippen molar-refractivity contribution in [3.8, 4) is 22.4 Å². The molecule has 0 unspecified atom stereocenters. The van der Waals surface area contributed by atoms with Gasteiger partial charge in [-0.05, 0) is 43.7 Å². The summed E-state index contributed by atoms with van der Waals surface area (Å²) >= 11 is 0. The second-order valence-corrected chi connectivity index (χ2v) is 5.84. The van der Waals surface area contributed by atoms with Gasteiger partial charge in [0, 0.05) is 29.6 Å². The number of hydrogen-bond acceptors (Lipinski definition) is 5. The molecule has 0 spiro atoms. The monoisotopic (exact) mass is 337 g/mol. The number of aliphatic hydroxyl groups excluding tert-OH is 1. The van der Waals surface area contributed by atoms with Gasteiger partial charge < -0.3 is 14.9 Å². The van der Waals surface area contributed by atoms with Crippen LogP contribution in [0.4, 0.5) is 0 Å². The summed E-state index contributed by atoms with van der Waals surface area (Å²) in [4.78, 5) is 16.2. The lowest BCUT2D eigenvalue weighted by Crippen LogP contribution is -2.34. The largest absolute Gasteiger partial charge is 0.394 e. The molecule has 0 saturated carbocycles. The Kier molecular flexibility index (Phi) is 4.90. The summed E-state index contributed by atoms with van der Waals surface area (Å²) in [5, 5.41) is 15.9. The maximum atomic E-state index is 12.1. The minimum absolute atomic E-state index is 0.0990. The van der Waals surface area contributed by atoms with E-state index in [9.17, 15) is 4.79 Å². The molecule has 1 atom stereocenters. The fourth-order valence-corrected chi connectivity index (χ4v) is 2.55. The molecule has 3 aromatic rings. The van der Waals surface area contributed by atoms with Crippen molar-refractivity contribution in [1.82, 2.24) is 15.5 Å². The van der Waals surface area contributed by atoms with Crippen molar-refractivity contribution in [3.05, 3.63) is 60.1 Å². The van der Waals surface area contributed by atoms with Gasteiger partial charge in [0.1, 0.15) is 11.5 Å². The zero-order valence-electron chi connectivity index (χ0n) is 14.1. The minimum atomic E-state index is -0.287. The predicted octanol–water partition coefficient (Wildman–Crippen LogP) is 2.82. The predicted molar refractivity (Wildman–Crippen MR) is 93.9 cm³/mol. The van der Waals surface area contributed by atoms with Crippen molar-refractivity contribution in [2.75, 3.05) is 6.61 Å². The Bertz CT molecular complexity index is 857. The van der Waals surface area contributed by atoms with Crippen LogP contribution in [0.5, 0.6) is 0 Å². The average molecular weight is 337 g/mol. The molecule has 3 rings (SSSR count). The van der Waals surface area contributed by atoms with Crippen molar-refractivity contribution >= 4 is 5.91 Å². The summed E-state index contributed by atoms with van der Waals surface area (Å²) in [6, 6.07) is 10.7. The normalized spacial score (nSPS) is 12.0. The van der Waals surface area contributed by atoms with Crippen molar-refractivity contribution in [3.63, 3.8) is 0 Å². The van der Waals surface area contributed by atoms with Crippen molar-refractivity contribution < 1.29 is 14.4 Å². The van der Waals surface area contributed by atoms with Gasteiger partial charge in [-0.15, -0.1) is 0 Å². The third-order valence-electron chi connectivity index (χ3n) is 3.88. The molecule has 1 amide bonds. The molecule has 6 heteroatoms. The van der Waals surface area contributed by atoms with E-state index >= 15 is 0 Å². The van der Waals surface area contributed by atoms with Gasteiger partial charge in [0.05, 0.1) is 12.2 Å². The van der Waals surface area contributed by atoms with Crippen LogP contribution < -0.4 is 5.32 Å². The maximum Gasteiger partial charge on any atom is 0.251 e. The van der Waals surface area contributed by atoms with E-state index in [1.807, 2.05) is 31.2 Å². The highest BCUT2D eigenvalue weighted by Gasteiger charge is 2.17. The van der Waals surface area contributed by atoms with E-state index in [1.54, 1.807) is 31.5 Å². The van der Waals surface area contributed by atoms with E-state index in [4.69, 9.17) is 9.63 Å². The van der Waals surface area contributed by atoms with Crippen LogP contribution in [0.25, 0.3) is 22.4 Å². The van der Waals surface area contributed by atoms with Crippen molar-refractivity contribution in [1.29, 1.82) is 0 Å². The molecule has 128 valence electrons. The summed E-state index contributed by atoms with van der Waals surface area (Å²) in [5.41, 5.74) is 3.90. The van der Waals surface area contributed by atoms with E-state index in [1.165, 1.54) is 0 Å². The van der Waals surface area contributed by atoms with E-state index in [-0.39, 0.29) is 18.6 Å². The smallest absolute Gasteiger partial charge is 0.251 e. The van der Waals surface area contributed by atoms with Crippen LogP contribution in [0.1, 0.15) is 23.0 Å². The molecule has 1 aromatic carbocycles. The minimum Gasteiger partial charge on any atom is -0.394 e. The van der Waals surface area contributed by atoms with Crippen LogP contribution in [0, 0.1) is 6.92 Å². The first-order valence-corrected chi connectivity index (χ1v) is 7.99. The fraction of sp³-hybridized carbons (Fsp3) is 0.211. The molecule has 0 aliphatic heterocycles. The number of hydrogen-bond donors (Lipinski definition) is 2. The quantitative estimate of drug-likeness (QED) is 0.747. The van der Waals surface area contributed by atoms with Crippen LogP contribution in [-0.4, -0.2) is 33.8 Å². The van der Waals surface area contributed by atoms with Crippen LogP contribution in [-0.2, 0) is 0 Å². The van der Waals surface area contributed by atoms with Crippen molar-refractivity contribution in [2.24, 2.45) is 0 Å². The number of benzene rings is 1. The molecule has 0 radical (unpaired) electrons. The van der Waals surface area contributed by atoms with Gasteiger partial charge in [-0.1, -0.05) is 17.3 Å². The highest BCUT2D eigenvalue weighted by molar-refractivity contribution is 5.95. The molecular weight excluding hydrogens is 318 g/mol. The number of amides is 1. The Balaban J connectivity index is 1.91. The van der Waals surface area contributed by atoms with Crippen molar-refractivity contribution in [2.45, 2.75) is 19.9 Å². The second kappa shape index (κ2) is 7.27. The Morgan fingerprint density at radius 3 is 2.64 bits per heavy atom. The highest BCUT2D eigenvalue weighted by atomic mass is 16.5. The number of nitrogens with zero attached hydrogens (tertiary/aromatic N) is 2. The highest BCUT2D eigenvalue weighted by Crippen LogP contribution is 2.33. The Morgan fingerprint density at radius 2 is 2.00 bits per heavy atom. The molecule has 2 N–H and O–H groups in total. The summed E-state index contributed by atoms with van der Waals surface area (Å²) < 4.78 is 5.36. The maximum absolute atomic E-state index is 12.1. The number of pyridine rings is 1. The van der Waals surface area contributed by atoms with E-state index < -0.39 is 0 Å². The molecule has 6 nitrogen and oxygen atoms in total. The van der Waals surface area contributed by atoms with Crippen LogP contribution in [0.15, 0.2) is 53.3 Å². The summed E-state index contributed by atoms with van der Waals surface area (Å²) in [6.07, 6.45) is 3.44. The third kappa shape index (κ3) is 3.59. The molecule has 0 aliphatic rings. The van der Waals surface area contributed by atoms with Crippen LogP contribution >= 0.6 is 0 Å². The molecule has 2 heterocycles. The first-order chi connectivity index (χ1) is 12.1. The number of aliphatic hydroxyl groups is 1. The van der Waals surface area contributed by atoms with E-state index in [0.717, 1.165) is 22.4 Å². The lowest BCUT2D eigenvalue weighted by atomic mass is 9.99. The summed E-state index contributed by atoms with van der Waals surface area (Å²) in [5.74, 6) is 0.479. The van der Waals surface area contributed by atoms with E-state index in [0.29, 0.717) is 11.3 Å². The first kappa shape index (κ1) is 16.9. The standard InChI is InChI=1S/C19H19N3O3/c1-12(11-23)21-19(24)15-7-5-14(6-8-15)17-13(2)25-22-18(17)16-4-3-9-20-10-16/h3-10,12,23H,11H2,1-2H3,(H,21,24)/t12-/m1/s1. The lowest BCUT2D eigenvalue weighted by Gasteiger charge is -2.11. The van der Waals surface area contributed by atoms with Gasteiger partial charge in [-0.25, -0.2) is 0 Å². The number of carbonyl (C=O) groups is 1. The molecule has 0 aliphatic carbocycles. The van der Waals surface area contributed by atoms with E-state index in [2.05, 4.69) is 15.5 Å². The van der Waals surface area contributed by atoms with Gasteiger partial charge in [0.15, 0.2) is 0 Å². The lowest BCUT2D eigenvalue weighted by molar-refractivity contribution is 0.0922. The number of aromatic nitrogens is 2. The van der Waals surface area contributed by atoms with Gasteiger partial charge in [-0.3, -0.25) is 9.78 Å². The fourth-order valence-electron chi connectivity index (χ4n) is 2.55. The topological polar surface area (TPSA) is 88.2 Å². The molecule has 0 saturated heterocycles. The molecule has 2 aromatic heterocycles. The number of nitrogens with one attached hydrogen (secondary N) is 1. The SMILES string of the molecule is Cc1onc(-c2cccnc2)c1-c1ccc(C(=O)N[C@H](C)CO)cc1. The zero-order chi connectivity index (χ0) is 17.8. The molecular formula is C19H19N3O3. The number of aryl methyl sites for hydroxylation is 1. The van der Waals surface area contributed by atoms with Crippen LogP contribution in [0.2, 0.25) is 0 Å². The molecule has 0 bridgehead atoms. The Morgan fingerprint density at radius 1 is 1.24 bits per heavy atom. The Labute approximate surface area is 145 Å². The first-order valence-electron chi connectivity index (χ1n) is 7.99. The van der Waals surface area contributed by atoms with Gasteiger partial charge in [-0.2, -0.15) is 0 Å². The molecule has 25 heavy (non-hydrogen) atoms. The summed E-state index contributed by atoms with van der Waals surface area (Å²) in [7, 11) is 0. The van der Waals surface area contributed by atoms with Gasteiger partial charge >= 0.3 is 0 Å². The summed E-state index contributed by atoms with van der Waals surface area (Å²) in [6.45, 7) is 3.50. The Hall–Kier alpha value is -2.99. The molecule has 0 fully saturated rings.